The van der Waals surface area contributed by atoms with E-state index >= 15 is 0 Å². The van der Waals surface area contributed by atoms with Gasteiger partial charge in [0.1, 0.15) is 16.4 Å². The van der Waals surface area contributed by atoms with Crippen LogP contribution in [0.5, 0.6) is 11.5 Å². The van der Waals surface area contributed by atoms with Crippen molar-refractivity contribution in [1.82, 2.24) is 4.72 Å². The normalized spacial score (nSPS) is 13.7. The summed E-state index contributed by atoms with van der Waals surface area (Å²) in [5, 5.41) is 0. The molecule has 0 amide bonds. The minimum Gasteiger partial charge on any atom is -0.495 e. The number of hydrogen-bond donors (Lipinski definition) is 1. The Morgan fingerprint density at radius 2 is 1.76 bits per heavy atom. The summed E-state index contributed by atoms with van der Waals surface area (Å²) in [5.41, 5.74) is 3.43. The molecule has 0 aliphatic heterocycles. The van der Waals surface area contributed by atoms with E-state index in [1.165, 1.54) is 12.7 Å². The van der Waals surface area contributed by atoms with E-state index in [4.69, 9.17) is 9.47 Å². The Hall–Kier alpha value is -2.05. The van der Waals surface area contributed by atoms with Crippen LogP contribution in [0, 0.1) is 0 Å². The molecule has 0 saturated heterocycles. The summed E-state index contributed by atoms with van der Waals surface area (Å²) in [6.45, 7) is 3.12. The lowest BCUT2D eigenvalue weighted by Crippen LogP contribution is -2.26. The van der Waals surface area contributed by atoms with Crippen LogP contribution in [-0.2, 0) is 29.3 Å². The van der Waals surface area contributed by atoms with Gasteiger partial charge in [-0.1, -0.05) is 25.1 Å². The van der Waals surface area contributed by atoms with Crippen LogP contribution < -0.4 is 14.2 Å². The van der Waals surface area contributed by atoms with Gasteiger partial charge in [-0.25, -0.2) is 13.1 Å². The Balaban J connectivity index is 1.64. The zero-order valence-corrected chi connectivity index (χ0v) is 18.2. The number of hydrogen-bond acceptors (Lipinski definition) is 4. The van der Waals surface area contributed by atoms with Gasteiger partial charge in [-0.15, -0.1) is 0 Å². The maximum Gasteiger partial charge on any atom is 0.244 e. The van der Waals surface area contributed by atoms with Crippen LogP contribution in [0.15, 0.2) is 41.3 Å². The average Bonchev–Trinajstić information content (AvgIpc) is 2.75. The van der Waals surface area contributed by atoms with Crippen LogP contribution >= 0.6 is 0 Å². The topological polar surface area (TPSA) is 64.6 Å². The molecule has 0 spiro atoms. The fraction of sp³-hybridized carbons (Fsp3) is 0.478. The van der Waals surface area contributed by atoms with Crippen LogP contribution in [-0.4, -0.2) is 28.7 Å². The Morgan fingerprint density at radius 3 is 2.48 bits per heavy atom. The maximum absolute atomic E-state index is 12.9. The third-order valence-electron chi connectivity index (χ3n) is 5.27. The average molecular weight is 418 g/mol. The highest BCUT2D eigenvalue weighted by molar-refractivity contribution is 7.89. The molecule has 1 aliphatic rings. The molecule has 29 heavy (non-hydrogen) atoms. The van der Waals surface area contributed by atoms with Gasteiger partial charge in [-0.05, 0) is 79.8 Å². The van der Waals surface area contributed by atoms with Crippen molar-refractivity contribution in [1.29, 1.82) is 0 Å². The molecular weight excluding hydrogens is 386 g/mol. The lowest BCUT2D eigenvalue weighted by Gasteiger charge is -2.19. The van der Waals surface area contributed by atoms with Crippen LogP contribution in [0.25, 0.3) is 0 Å². The van der Waals surface area contributed by atoms with Crippen LogP contribution in [0.2, 0.25) is 0 Å². The molecule has 0 radical (unpaired) electrons. The Labute approximate surface area is 174 Å². The SMILES string of the molecule is CCCOc1ccccc1CCCNS(=O)(=O)c1cc2c(cc1OC)CCCC2. The number of methoxy groups -OCH3 is 1. The van der Waals surface area contributed by atoms with Gasteiger partial charge in [0.2, 0.25) is 10.0 Å². The van der Waals surface area contributed by atoms with Crippen molar-refractivity contribution in [3.05, 3.63) is 53.1 Å². The van der Waals surface area contributed by atoms with Crippen molar-refractivity contribution in [2.45, 2.75) is 56.8 Å². The molecule has 1 N–H and O–H groups in total. The van der Waals surface area contributed by atoms with E-state index in [-0.39, 0.29) is 4.90 Å². The maximum atomic E-state index is 12.9. The summed E-state index contributed by atoms with van der Waals surface area (Å²) < 4.78 is 39.7. The monoisotopic (exact) mass is 417 g/mol. The molecule has 0 atom stereocenters. The van der Waals surface area contributed by atoms with Gasteiger partial charge >= 0.3 is 0 Å². The molecule has 0 fully saturated rings. The van der Waals surface area contributed by atoms with Crippen molar-refractivity contribution in [3.63, 3.8) is 0 Å². The summed E-state index contributed by atoms with van der Waals surface area (Å²) in [6, 6.07) is 11.6. The van der Waals surface area contributed by atoms with Gasteiger partial charge in [0, 0.05) is 6.54 Å². The van der Waals surface area contributed by atoms with Crippen LogP contribution in [0.4, 0.5) is 0 Å². The predicted molar refractivity (Wildman–Crippen MR) is 115 cm³/mol. The molecule has 1 aliphatic carbocycles. The molecule has 6 heteroatoms. The quantitative estimate of drug-likeness (QED) is 0.586. The van der Waals surface area contributed by atoms with Gasteiger partial charge in [0.05, 0.1) is 13.7 Å². The fourth-order valence-electron chi connectivity index (χ4n) is 3.74. The highest BCUT2D eigenvalue weighted by Crippen LogP contribution is 2.32. The summed E-state index contributed by atoms with van der Waals surface area (Å²) in [7, 11) is -2.10. The van der Waals surface area contributed by atoms with Gasteiger partial charge < -0.3 is 9.47 Å². The molecule has 0 unspecified atom stereocenters. The first-order chi connectivity index (χ1) is 14.0. The second-order valence-electron chi connectivity index (χ2n) is 7.44. The van der Waals surface area contributed by atoms with E-state index in [1.54, 1.807) is 6.07 Å². The van der Waals surface area contributed by atoms with Crippen LogP contribution in [0.1, 0.15) is 49.3 Å². The van der Waals surface area contributed by atoms with Crippen molar-refractivity contribution in [2.24, 2.45) is 0 Å². The van der Waals surface area contributed by atoms with E-state index < -0.39 is 10.0 Å². The highest BCUT2D eigenvalue weighted by atomic mass is 32.2. The number of nitrogens with one attached hydrogen (secondary N) is 1. The third-order valence-corrected chi connectivity index (χ3v) is 6.75. The van der Waals surface area contributed by atoms with E-state index in [1.807, 2.05) is 30.3 Å². The molecule has 2 aromatic rings. The summed E-state index contributed by atoms with van der Waals surface area (Å²) >= 11 is 0. The van der Waals surface area contributed by atoms with Gasteiger partial charge in [-0.3, -0.25) is 0 Å². The predicted octanol–water partition coefficient (Wildman–Crippen LogP) is 4.27. The lowest BCUT2D eigenvalue weighted by atomic mass is 9.92. The number of para-hydroxylation sites is 1. The number of rotatable bonds is 10. The number of fused-ring (bicyclic) bond motifs is 1. The fourth-order valence-corrected chi connectivity index (χ4v) is 5.01. The Kier molecular flexibility index (Phi) is 7.56. The standard InChI is InChI=1S/C23H31NO4S/c1-3-15-28-21-13-7-6-9-18(21)12-8-14-24-29(25,26)23-17-20-11-5-4-10-19(20)16-22(23)27-2/h6-7,9,13,16-17,24H,3-5,8,10-12,14-15H2,1-2H3. The molecule has 158 valence electrons. The lowest BCUT2D eigenvalue weighted by molar-refractivity contribution is 0.314. The van der Waals surface area contributed by atoms with Gasteiger partial charge in [0.15, 0.2) is 0 Å². The Bertz CT molecular complexity index is 924. The van der Waals surface area contributed by atoms with Crippen LogP contribution in [0.3, 0.4) is 0 Å². The summed E-state index contributed by atoms with van der Waals surface area (Å²) in [6.07, 6.45) is 6.56. The van der Waals surface area contributed by atoms with E-state index in [2.05, 4.69) is 11.6 Å². The molecular formula is C23H31NO4S. The van der Waals surface area contributed by atoms with E-state index in [0.29, 0.717) is 25.3 Å². The summed E-state index contributed by atoms with van der Waals surface area (Å²) in [5.74, 6) is 1.31. The second-order valence-corrected chi connectivity index (χ2v) is 9.17. The van der Waals surface area contributed by atoms with Crippen molar-refractivity contribution in [3.8, 4) is 11.5 Å². The number of benzene rings is 2. The Morgan fingerprint density at radius 1 is 1.03 bits per heavy atom. The molecule has 0 aromatic heterocycles. The minimum absolute atomic E-state index is 0.243. The molecule has 5 nitrogen and oxygen atoms in total. The molecule has 2 aromatic carbocycles. The third kappa shape index (κ3) is 5.52. The molecule has 0 bridgehead atoms. The number of aryl methyl sites for hydroxylation is 3. The molecule has 0 heterocycles. The summed E-state index contributed by atoms with van der Waals surface area (Å²) in [4.78, 5) is 0.243. The first-order valence-corrected chi connectivity index (χ1v) is 11.9. The zero-order valence-electron chi connectivity index (χ0n) is 17.4. The van der Waals surface area contributed by atoms with Crippen molar-refractivity contribution >= 4 is 10.0 Å². The van der Waals surface area contributed by atoms with Gasteiger partial charge in [0.25, 0.3) is 0 Å². The van der Waals surface area contributed by atoms with Crippen molar-refractivity contribution < 1.29 is 17.9 Å². The smallest absolute Gasteiger partial charge is 0.244 e. The largest absolute Gasteiger partial charge is 0.495 e. The van der Waals surface area contributed by atoms with Gasteiger partial charge in [-0.2, -0.15) is 0 Å². The first kappa shape index (κ1) is 21.7. The first-order valence-electron chi connectivity index (χ1n) is 10.5. The number of sulfonamides is 1. The highest BCUT2D eigenvalue weighted by Gasteiger charge is 2.23. The second kappa shape index (κ2) is 10.1. The zero-order chi connectivity index (χ0) is 20.7. The minimum atomic E-state index is -3.62. The molecule has 3 rings (SSSR count). The number of ether oxygens (including phenoxy) is 2. The van der Waals surface area contributed by atoms with E-state index in [9.17, 15) is 8.42 Å². The van der Waals surface area contributed by atoms with E-state index in [0.717, 1.165) is 55.4 Å². The van der Waals surface area contributed by atoms with Crippen molar-refractivity contribution in [2.75, 3.05) is 20.3 Å². The molecule has 0 saturated carbocycles.